The maximum Gasteiger partial charge on any atom is 0.227 e. The van der Waals surface area contributed by atoms with Gasteiger partial charge in [-0.25, -0.2) is 17.7 Å². The minimum absolute atomic E-state index is 0.113. The van der Waals surface area contributed by atoms with Crippen molar-refractivity contribution in [3.8, 4) is 22.8 Å². The van der Waals surface area contributed by atoms with E-state index in [1.54, 1.807) is 0 Å². The summed E-state index contributed by atoms with van der Waals surface area (Å²) in [6, 6.07) is 17.1. The van der Waals surface area contributed by atoms with Crippen LogP contribution in [0.1, 0.15) is 12.8 Å². The quantitative estimate of drug-likeness (QED) is 0.653. The van der Waals surface area contributed by atoms with E-state index in [4.69, 9.17) is 0 Å². The predicted molar refractivity (Wildman–Crippen MR) is 115 cm³/mol. The lowest BCUT2D eigenvalue weighted by Crippen LogP contribution is -2.40. The van der Waals surface area contributed by atoms with Crippen molar-refractivity contribution in [2.75, 3.05) is 24.7 Å². The molecule has 156 valence electrons. The minimum atomic E-state index is -3.21. The van der Waals surface area contributed by atoms with Crippen molar-refractivity contribution in [2.45, 2.75) is 12.8 Å². The van der Waals surface area contributed by atoms with Gasteiger partial charge in [-0.05, 0) is 25.0 Å². The number of nitrogens with one attached hydrogen (secondary N) is 2. The fourth-order valence-corrected chi connectivity index (χ4v) is 4.46. The monoisotopic (exact) mass is 425 g/mol. The summed E-state index contributed by atoms with van der Waals surface area (Å²) < 4.78 is 24.8. The third-order valence-electron chi connectivity index (χ3n) is 5.25. The number of piperidine rings is 1. The van der Waals surface area contributed by atoms with Crippen molar-refractivity contribution < 1.29 is 13.2 Å². The van der Waals surface area contributed by atoms with Crippen LogP contribution in [0.15, 0.2) is 54.6 Å². The normalized spacial score (nSPS) is 15.8. The Balaban J connectivity index is 1.49. The Kier molecular flexibility index (Phi) is 5.65. The Morgan fingerprint density at radius 3 is 2.43 bits per heavy atom. The smallest absolute Gasteiger partial charge is 0.227 e. The lowest BCUT2D eigenvalue weighted by atomic mass is 9.97. The number of para-hydroxylation sites is 1. The number of H-pyrrole nitrogens is 1. The zero-order valence-corrected chi connectivity index (χ0v) is 17.4. The number of amides is 1. The van der Waals surface area contributed by atoms with Crippen LogP contribution in [0.25, 0.3) is 22.8 Å². The van der Waals surface area contributed by atoms with Gasteiger partial charge in [0.15, 0.2) is 11.6 Å². The summed E-state index contributed by atoms with van der Waals surface area (Å²) in [5, 5.41) is 10.2. The lowest BCUT2D eigenvalue weighted by molar-refractivity contribution is -0.120. The number of rotatable bonds is 5. The molecule has 1 amide bonds. The number of carbonyl (C=O) groups is 1. The predicted octanol–water partition coefficient (Wildman–Crippen LogP) is 2.75. The summed E-state index contributed by atoms with van der Waals surface area (Å²) in [5.74, 6) is 0.806. The number of aromatic amines is 1. The third kappa shape index (κ3) is 4.42. The van der Waals surface area contributed by atoms with Gasteiger partial charge in [0.25, 0.3) is 0 Å². The van der Waals surface area contributed by atoms with E-state index in [-0.39, 0.29) is 11.8 Å². The molecule has 0 atom stereocenters. The summed E-state index contributed by atoms with van der Waals surface area (Å²) in [6.07, 6.45) is 2.20. The zero-order valence-electron chi connectivity index (χ0n) is 16.6. The highest BCUT2D eigenvalue weighted by molar-refractivity contribution is 7.88. The van der Waals surface area contributed by atoms with Crippen LogP contribution in [-0.4, -0.2) is 53.2 Å². The first kappa shape index (κ1) is 20.2. The molecule has 0 spiro atoms. The van der Waals surface area contributed by atoms with Crippen molar-refractivity contribution in [1.29, 1.82) is 0 Å². The number of anilines is 1. The SMILES string of the molecule is CS(=O)(=O)N1CCC(C(=O)Nc2ccccc2-c2nc(-c3ccccc3)n[nH]2)CC1. The van der Waals surface area contributed by atoms with E-state index in [9.17, 15) is 13.2 Å². The van der Waals surface area contributed by atoms with Gasteiger partial charge in [-0.3, -0.25) is 9.89 Å². The minimum Gasteiger partial charge on any atom is -0.325 e. The maximum atomic E-state index is 12.8. The lowest BCUT2D eigenvalue weighted by Gasteiger charge is -2.29. The van der Waals surface area contributed by atoms with Crippen LogP contribution in [-0.2, 0) is 14.8 Å². The van der Waals surface area contributed by atoms with Gasteiger partial charge in [0.05, 0.1) is 11.9 Å². The van der Waals surface area contributed by atoms with E-state index in [0.29, 0.717) is 43.3 Å². The highest BCUT2D eigenvalue weighted by Gasteiger charge is 2.29. The molecular weight excluding hydrogens is 402 g/mol. The molecule has 30 heavy (non-hydrogen) atoms. The van der Waals surface area contributed by atoms with E-state index in [1.165, 1.54) is 10.6 Å². The molecule has 2 N–H and O–H groups in total. The summed E-state index contributed by atoms with van der Waals surface area (Å²) in [5.41, 5.74) is 2.29. The molecule has 3 aromatic rings. The van der Waals surface area contributed by atoms with Crippen LogP contribution in [0, 0.1) is 5.92 Å². The molecule has 0 saturated carbocycles. The van der Waals surface area contributed by atoms with Crippen molar-refractivity contribution in [3.63, 3.8) is 0 Å². The van der Waals surface area contributed by atoms with Crippen molar-refractivity contribution >= 4 is 21.6 Å². The van der Waals surface area contributed by atoms with Crippen molar-refractivity contribution in [1.82, 2.24) is 19.5 Å². The van der Waals surface area contributed by atoms with Gasteiger partial charge in [-0.15, -0.1) is 0 Å². The maximum absolute atomic E-state index is 12.8. The molecule has 4 rings (SSSR count). The molecule has 1 aliphatic heterocycles. The molecule has 2 aromatic carbocycles. The zero-order chi connectivity index (χ0) is 21.1. The molecule has 0 unspecified atom stereocenters. The topological polar surface area (TPSA) is 108 Å². The third-order valence-corrected chi connectivity index (χ3v) is 6.55. The summed E-state index contributed by atoms with van der Waals surface area (Å²) in [4.78, 5) is 17.4. The summed E-state index contributed by atoms with van der Waals surface area (Å²) in [6.45, 7) is 0.724. The second-order valence-corrected chi connectivity index (χ2v) is 9.33. The van der Waals surface area contributed by atoms with E-state index in [2.05, 4.69) is 20.5 Å². The second kappa shape index (κ2) is 8.37. The van der Waals surface area contributed by atoms with Gasteiger partial charge in [0.2, 0.25) is 15.9 Å². The van der Waals surface area contributed by atoms with Crippen LogP contribution in [0.3, 0.4) is 0 Å². The highest BCUT2D eigenvalue weighted by Crippen LogP contribution is 2.28. The number of hydrogen-bond acceptors (Lipinski definition) is 5. The standard InChI is InChI=1S/C21H23N5O3S/c1-30(28,29)26-13-11-16(12-14-26)21(27)22-18-10-6-5-9-17(18)20-23-19(24-25-20)15-7-3-2-4-8-15/h2-10,16H,11-14H2,1H3,(H,22,27)(H,23,24,25). The molecule has 0 radical (unpaired) electrons. The fourth-order valence-electron chi connectivity index (χ4n) is 3.58. The van der Waals surface area contributed by atoms with Gasteiger partial charge < -0.3 is 5.32 Å². The molecular formula is C21H23N5O3S. The Hall–Kier alpha value is -3.04. The summed E-state index contributed by atoms with van der Waals surface area (Å²) in [7, 11) is -3.21. The van der Waals surface area contributed by atoms with Gasteiger partial charge in [-0.2, -0.15) is 5.10 Å². The average molecular weight is 426 g/mol. The van der Waals surface area contributed by atoms with Crippen LogP contribution >= 0.6 is 0 Å². The first-order chi connectivity index (χ1) is 14.4. The Labute approximate surface area is 175 Å². The molecule has 1 aliphatic rings. The Bertz CT molecular complexity index is 1140. The molecule has 1 fully saturated rings. The highest BCUT2D eigenvalue weighted by atomic mass is 32.2. The average Bonchev–Trinajstić information content (AvgIpc) is 3.24. The van der Waals surface area contributed by atoms with Crippen LogP contribution in [0.2, 0.25) is 0 Å². The van der Waals surface area contributed by atoms with Gasteiger partial charge >= 0.3 is 0 Å². The largest absolute Gasteiger partial charge is 0.325 e. The van der Waals surface area contributed by atoms with Gasteiger partial charge in [0, 0.05) is 30.1 Å². The summed E-state index contributed by atoms with van der Waals surface area (Å²) >= 11 is 0. The second-order valence-electron chi connectivity index (χ2n) is 7.34. The molecule has 1 aromatic heterocycles. The fraction of sp³-hybridized carbons (Fsp3) is 0.286. The first-order valence-corrected chi connectivity index (χ1v) is 11.6. The van der Waals surface area contributed by atoms with Crippen molar-refractivity contribution in [3.05, 3.63) is 54.6 Å². The Morgan fingerprint density at radius 1 is 1.07 bits per heavy atom. The van der Waals surface area contributed by atoms with E-state index < -0.39 is 10.0 Å². The van der Waals surface area contributed by atoms with Gasteiger partial charge in [0.1, 0.15) is 0 Å². The van der Waals surface area contributed by atoms with E-state index in [1.807, 2.05) is 54.6 Å². The Morgan fingerprint density at radius 2 is 1.73 bits per heavy atom. The molecule has 1 saturated heterocycles. The number of hydrogen-bond donors (Lipinski definition) is 2. The first-order valence-electron chi connectivity index (χ1n) is 9.75. The molecule has 0 bridgehead atoms. The molecule has 0 aliphatic carbocycles. The molecule has 2 heterocycles. The molecule has 8 nitrogen and oxygen atoms in total. The number of benzene rings is 2. The van der Waals surface area contributed by atoms with Crippen LogP contribution in [0.5, 0.6) is 0 Å². The molecule has 9 heteroatoms. The van der Waals surface area contributed by atoms with Crippen molar-refractivity contribution in [2.24, 2.45) is 5.92 Å². The van der Waals surface area contributed by atoms with Gasteiger partial charge in [-0.1, -0.05) is 42.5 Å². The number of aromatic nitrogens is 3. The van der Waals surface area contributed by atoms with Crippen LogP contribution < -0.4 is 5.32 Å². The number of sulfonamides is 1. The van der Waals surface area contributed by atoms with Crippen LogP contribution in [0.4, 0.5) is 5.69 Å². The van der Waals surface area contributed by atoms with E-state index in [0.717, 1.165) is 11.1 Å². The number of nitrogens with zero attached hydrogens (tertiary/aromatic N) is 3. The van der Waals surface area contributed by atoms with E-state index >= 15 is 0 Å². The number of carbonyl (C=O) groups excluding carboxylic acids is 1.